The van der Waals surface area contributed by atoms with Crippen LogP contribution in [0, 0.1) is 0 Å². The Balaban J connectivity index is 2.76. The van der Waals surface area contributed by atoms with Crippen LogP contribution in [-0.4, -0.2) is 21.1 Å². The Hall–Kier alpha value is -0.870. The fourth-order valence-corrected chi connectivity index (χ4v) is 2.26. The molecule has 1 aromatic rings. The number of hydrogen-bond acceptors (Lipinski definition) is 3. The molecule has 0 aliphatic rings. The molecule has 2 N–H and O–H groups in total. The second kappa shape index (κ2) is 6.53. The number of nitrogens with zero attached hydrogens (tertiary/aromatic N) is 2. The molecule has 0 amide bonds. The molecule has 108 valence electrons. The zero-order chi connectivity index (χ0) is 14.6. The summed E-state index contributed by atoms with van der Waals surface area (Å²) < 4.78 is 1.83. The molecule has 19 heavy (non-hydrogen) atoms. The van der Waals surface area contributed by atoms with Crippen molar-refractivity contribution in [3.8, 4) is 0 Å². The second-order valence-electron chi connectivity index (χ2n) is 5.58. The molecular weight excluding hydrogens is 262 g/mol. The Bertz CT molecular complexity index is 446. The van der Waals surface area contributed by atoms with Crippen molar-refractivity contribution in [3.63, 3.8) is 0 Å². The molecule has 0 aliphatic heterocycles. The zero-order valence-corrected chi connectivity index (χ0v) is 13.0. The first-order chi connectivity index (χ1) is 8.78. The normalized spacial score (nSPS) is 11.9. The average Bonchev–Trinajstić information content (AvgIpc) is 2.63. The van der Waals surface area contributed by atoms with Gasteiger partial charge in [0, 0.05) is 24.9 Å². The minimum atomic E-state index is -0.307. The van der Waals surface area contributed by atoms with Gasteiger partial charge in [0.25, 0.3) is 0 Å². The molecule has 0 aromatic carbocycles. The van der Waals surface area contributed by atoms with Crippen molar-refractivity contribution in [1.29, 1.82) is 0 Å². The van der Waals surface area contributed by atoms with Crippen LogP contribution in [0.5, 0.6) is 0 Å². The molecule has 1 aromatic heterocycles. The Labute approximate surface area is 120 Å². The zero-order valence-electron chi connectivity index (χ0n) is 12.3. The van der Waals surface area contributed by atoms with E-state index in [2.05, 4.69) is 5.10 Å². The lowest BCUT2D eigenvalue weighted by Crippen LogP contribution is -2.32. The van der Waals surface area contributed by atoms with Gasteiger partial charge in [0.2, 0.25) is 0 Å². The molecule has 0 spiro atoms. The number of halogens is 1. The number of aryl methyl sites for hydroxylation is 2. The van der Waals surface area contributed by atoms with Crippen LogP contribution in [-0.2, 0) is 24.2 Å². The van der Waals surface area contributed by atoms with Gasteiger partial charge in [-0.3, -0.25) is 9.48 Å². The number of rotatable bonds is 7. The summed E-state index contributed by atoms with van der Waals surface area (Å²) in [4.78, 5) is 12.0. The number of nitrogens with two attached hydrogens (primary N) is 1. The van der Waals surface area contributed by atoms with Crippen LogP contribution >= 0.6 is 11.6 Å². The standard InChI is InChI=1S/C14H24ClN3O/c1-5-11-13(15)12(18(6-2)17-11)9-10(19)7-8-14(3,4)16/h5-9,16H2,1-4H3. The third kappa shape index (κ3) is 4.62. The van der Waals surface area contributed by atoms with Crippen molar-refractivity contribution in [3.05, 3.63) is 16.4 Å². The van der Waals surface area contributed by atoms with Crippen molar-refractivity contribution < 1.29 is 4.79 Å². The highest BCUT2D eigenvalue weighted by atomic mass is 35.5. The van der Waals surface area contributed by atoms with E-state index in [1.807, 2.05) is 32.4 Å². The maximum atomic E-state index is 12.0. The number of carbonyl (C=O) groups excluding carboxylic acids is 1. The van der Waals surface area contributed by atoms with Gasteiger partial charge < -0.3 is 5.73 Å². The van der Waals surface area contributed by atoms with E-state index in [0.717, 1.165) is 24.4 Å². The lowest BCUT2D eigenvalue weighted by atomic mass is 9.97. The lowest BCUT2D eigenvalue weighted by Gasteiger charge is -2.17. The van der Waals surface area contributed by atoms with E-state index in [1.54, 1.807) is 0 Å². The molecule has 4 nitrogen and oxygen atoms in total. The Morgan fingerprint density at radius 1 is 1.42 bits per heavy atom. The first-order valence-corrected chi connectivity index (χ1v) is 7.21. The SMILES string of the molecule is CCc1nn(CC)c(CC(=O)CCC(C)(C)N)c1Cl. The maximum absolute atomic E-state index is 12.0. The van der Waals surface area contributed by atoms with Crippen molar-refractivity contribution >= 4 is 17.4 Å². The van der Waals surface area contributed by atoms with E-state index in [-0.39, 0.29) is 11.3 Å². The third-order valence-electron chi connectivity index (χ3n) is 3.11. The van der Waals surface area contributed by atoms with E-state index in [9.17, 15) is 4.79 Å². The molecule has 0 radical (unpaired) electrons. The monoisotopic (exact) mass is 285 g/mol. The average molecular weight is 286 g/mol. The molecular formula is C14H24ClN3O. The smallest absolute Gasteiger partial charge is 0.138 e. The molecule has 0 aliphatic carbocycles. The molecule has 0 saturated carbocycles. The molecule has 5 heteroatoms. The third-order valence-corrected chi connectivity index (χ3v) is 3.54. The summed E-state index contributed by atoms with van der Waals surface area (Å²) in [5.74, 6) is 0.165. The number of hydrogen-bond donors (Lipinski definition) is 1. The lowest BCUT2D eigenvalue weighted by molar-refractivity contribution is -0.118. The summed E-state index contributed by atoms with van der Waals surface area (Å²) in [5.41, 5.74) is 7.29. The van der Waals surface area contributed by atoms with Crippen LogP contribution in [0.2, 0.25) is 5.02 Å². The number of Topliss-reactive ketones (excluding diaryl/α,β-unsaturated/α-hetero) is 1. The van der Waals surface area contributed by atoms with Crippen molar-refractivity contribution in [2.24, 2.45) is 5.73 Å². The van der Waals surface area contributed by atoms with Crippen LogP contribution in [0.1, 0.15) is 51.9 Å². The largest absolute Gasteiger partial charge is 0.326 e. The van der Waals surface area contributed by atoms with Gasteiger partial charge in [-0.1, -0.05) is 18.5 Å². The van der Waals surface area contributed by atoms with Gasteiger partial charge in [-0.05, 0) is 33.6 Å². The Kier molecular flexibility index (Phi) is 5.56. The van der Waals surface area contributed by atoms with Crippen LogP contribution in [0.3, 0.4) is 0 Å². The summed E-state index contributed by atoms with van der Waals surface area (Å²) in [7, 11) is 0. The Morgan fingerprint density at radius 2 is 2.05 bits per heavy atom. The summed E-state index contributed by atoms with van der Waals surface area (Å²) in [6.45, 7) is 8.60. The highest BCUT2D eigenvalue weighted by Gasteiger charge is 2.19. The van der Waals surface area contributed by atoms with Crippen LogP contribution in [0.4, 0.5) is 0 Å². The van der Waals surface area contributed by atoms with E-state index < -0.39 is 0 Å². The fraction of sp³-hybridized carbons (Fsp3) is 0.714. The fourth-order valence-electron chi connectivity index (χ4n) is 1.92. The Morgan fingerprint density at radius 3 is 2.53 bits per heavy atom. The van der Waals surface area contributed by atoms with Gasteiger partial charge >= 0.3 is 0 Å². The molecule has 1 heterocycles. The van der Waals surface area contributed by atoms with E-state index in [1.165, 1.54) is 0 Å². The van der Waals surface area contributed by atoms with Gasteiger partial charge in [-0.15, -0.1) is 0 Å². The minimum Gasteiger partial charge on any atom is -0.326 e. The van der Waals surface area contributed by atoms with Crippen molar-refractivity contribution in [2.45, 2.75) is 65.5 Å². The van der Waals surface area contributed by atoms with E-state index in [4.69, 9.17) is 17.3 Å². The molecule has 0 fully saturated rings. The minimum absolute atomic E-state index is 0.165. The molecule has 0 bridgehead atoms. The predicted octanol–water partition coefficient (Wildman–Crippen LogP) is 2.75. The molecule has 0 unspecified atom stereocenters. The number of aromatic nitrogens is 2. The summed E-state index contributed by atoms with van der Waals surface area (Å²) in [6.07, 6.45) is 2.29. The number of carbonyl (C=O) groups is 1. The summed E-state index contributed by atoms with van der Waals surface area (Å²) in [6, 6.07) is 0. The quantitative estimate of drug-likeness (QED) is 0.838. The molecule has 0 atom stereocenters. The topological polar surface area (TPSA) is 60.9 Å². The van der Waals surface area contributed by atoms with Gasteiger partial charge in [0.15, 0.2) is 0 Å². The number of ketones is 1. The van der Waals surface area contributed by atoms with E-state index >= 15 is 0 Å². The maximum Gasteiger partial charge on any atom is 0.138 e. The highest BCUT2D eigenvalue weighted by Crippen LogP contribution is 2.23. The first kappa shape index (κ1) is 16.2. The van der Waals surface area contributed by atoms with Crippen molar-refractivity contribution in [2.75, 3.05) is 0 Å². The van der Waals surface area contributed by atoms with Crippen LogP contribution in [0.25, 0.3) is 0 Å². The van der Waals surface area contributed by atoms with Gasteiger partial charge in [0.05, 0.1) is 16.4 Å². The summed E-state index contributed by atoms with van der Waals surface area (Å²) in [5, 5.41) is 5.06. The van der Waals surface area contributed by atoms with Crippen LogP contribution < -0.4 is 5.73 Å². The second-order valence-corrected chi connectivity index (χ2v) is 5.96. The highest BCUT2D eigenvalue weighted by molar-refractivity contribution is 6.32. The predicted molar refractivity (Wildman–Crippen MR) is 78.5 cm³/mol. The van der Waals surface area contributed by atoms with Gasteiger partial charge in [-0.25, -0.2) is 0 Å². The first-order valence-electron chi connectivity index (χ1n) is 6.83. The van der Waals surface area contributed by atoms with Gasteiger partial charge in [-0.2, -0.15) is 5.10 Å². The van der Waals surface area contributed by atoms with E-state index in [0.29, 0.717) is 24.3 Å². The summed E-state index contributed by atoms with van der Waals surface area (Å²) >= 11 is 6.28. The molecule has 0 saturated heterocycles. The van der Waals surface area contributed by atoms with Gasteiger partial charge in [0.1, 0.15) is 5.78 Å². The van der Waals surface area contributed by atoms with Crippen LogP contribution in [0.15, 0.2) is 0 Å². The van der Waals surface area contributed by atoms with Crippen molar-refractivity contribution in [1.82, 2.24) is 9.78 Å². The molecule has 1 rings (SSSR count).